The molecule has 0 saturated heterocycles. The standard InChI is InChI=1S/C21H19N3O4S3/c1-13(2)24-17-10-9-16(12-18(17)30-21(24)26)22-20(25)14-5-7-15(8-6-14)23-31(27,28)19-4-3-11-29-19/h3-13,23H,1-2H3,(H,22,25). The molecule has 0 atom stereocenters. The lowest BCUT2D eigenvalue weighted by Gasteiger charge is -2.09. The van der Waals surface area contributed by atoms with Crippen LogP contribution in [0.3, 0.4) is 0 Å². The van der Waals surface area contributed by atoms with Gasteiger partial charge in [-0.15, -0.1) is 11.3 Å². The van der Waals surface area contributed by atoms with Crippen LogP contribution < -0.4 is 14.9 Å². The molecule has 0 spiro atoms. The molecule has 2 heterocycles. The number of thiophene rings is 1. The number of benzene rings is 2. The minimum atomic E-state index is -3.64. The number of nitrogens with zero attached hydrogens (tertiary/aromatic N) is 1. The summed E-state index contributed by atoms with van der Waals surface area (Å²) in [6, 6.07) is 14.8. The molecule has 0 radical (unpaired) electrons. The maximum Gasteiger partial charge on any atom is 0.308 e. The third-order valence-corrected chi connectivity index (χ3v) is 8.24. The first-order valence-corrected chi connectivity index (χ1v) is 12.6. The van der Waals surface area contributed by atoms with Crippen molar-refractivity contribution in [3.63, 3.8) is 0 Å². The molecule has 4 rings (SSSR count). The van der Waals surface area contributed by atoms with Gasteiger partial charge in [-0.05, 0) is 67.8 Å². The van der Waals surface area contributed by atoms with Crippen LogP contribution in [0.1, 0.15) is 30.2 Å². The predicted molar refractivity (Wildman–Crippen MR) is 126 cm³/mol. The lowest BCUT2D eigenvalue weighted by atomic mass is 10.2. The van der Waals surface area contributed by atoms with Crippen LogP contribution in [0.4, 0.5) is 11.4 Å². The molecular weight excluding hydrogens is 454 g/mol. The zero-order valence-electron chi connectivity index (χ0n) is 16.7. The van der Waals surface area contributed by atoms with Crippen molar-refractivity contribution in [2.45, 2.75) is 24.1 Å². The number of fused-ring (bicyclic) bond motifs is 1. The molecule has 0 aliphatic carbocycles. The average Bonchev–Trinajstić information content (AvgIpc) is 3.35. The molecule has 0 bridgehead atoms. The quantitative estimate of drug-likeness (QED) is 0.422. The summed E-state index contributed by atoms with van der Waals surface area (Å²) in [5.74, 6) is -0.331. The number of anilines is 2. The number of carbonyl (C=O) groups is 1. The molecule has 2 N–H and O–H groups in total. The van der Waals surface area contributed by atoms with Crippen LogP contribution in [0, 0.1) is 0 Å². The molecule has 2 aromatic carbocycles. The summed E-state index contributed by atoms with van der Waals surface area (Å²) >= 11 is 2.27. The van der Waals surface area contributed by atoms with Crippen LogP contribution in [0.15, 0.2) is 69.0 Å². The summed E-state index contributed by atoms with van der Waals surface area (Å²) in [7, 11) is -3.64. The second-order valence-corrected chi connectivity index (χ2v) is 10.9. The number of thiazole rings is 1. The Morgan fingerprint density at radius 3 is 2.39 bits per heavy atom. The predicted octanol–water partition coefficient (Wildman–Crippen LogP) is 4.76. The normalized spacial score (nSPS) is 11.7. The highest BCUT2D eigenvalue weighted by Gasteiger charge is 2.16. The van der Waals surface area contributed by atoms with Gasteiger partial charge in [0.2, 0.25) is 0 Å². The molecule has 0 unspecified atom stereocenters. The zero-order valence-corrected chi connectivity index (χ0v) is 19.1. The van der Waals surface area contributed by atoms with Crippen molar-refractivity contribution < 1.29 is 13.2 Å². The first-order valence-electron chi connectivity index (χ1n) is 9.37. The van der Waals surface area contributed by atoms with Crippen molar-refractivity contribution in [1.82, 2.24) is 4.57 Å². The first kappa shape index (κ1) is 21.3. The van der Waals surface area contributed by atoms with E-state index in [2.05, 4.69) is 10.0 Å². The average molecular weight is 474 g/mol. The summed E-state index contributed by atoms with van der Waals surface area (Å²) in [4.78, 5) is 24.8. The molecule has 31 heavy (non-hydrogen) atoms. The highest BCUT2D eigenvalue weighted by Crippen LogP contribution is 2.25. The van der Waals surface area contributed by atoms with Crippen molar-refractivity contribution in [1.29, 1.82) is 0 Å². The second kappa shape index (κ2) is 8.29. The number of carbonyl (C=O) groups excluding carboxylic acids is 1. The summed E-state index contributed by atoms with van der Waals surface area (Å²) in [6.07, 6.45) is 0. The van der Waals surface area contributed by atoms with Gasteiger partial charge in [0, 0.05) is 23.0 Å². The topological polar surface area (TPSA) is 97.3 Å². The minimum Gasteiger partial charge on any atom is -0.322 e. The number of hydrogen-bond acceptors (Lipinski definition) is 6. The molecule has 2 aromatic heterocycles. The van der Waals surface area contributed by atoms with Gasteiger partial charge in [0.05, 0.1) is 10.2 Å². The van der Waals surface area contributed by atoms with Crippen molar-refractivity contribution >= 4 is 60.2 Å². The summed E-state index contributed by atoms with van der Waals surface area (Å²) in [5, 5.41) is 4.51. The van der Waals surface area contributed by atoms with E-state index in [1.165, 1.54) is 18.2 Å². The molecule has 160 valence electrons. The van der Waals surface area contributed by atoms with Crippen molar-refractivity contribution in [2.24, 2.45) is 0 Å². The number of aromatic nitrogens is 1. The molecule has 7 nitrogen and oxygen atoms in total. The van der Waals surface area contributed by atoms with Gasteiger partial charge in [-0.2, -0.15) is 0 Å². The number of sulfonamides is 1. The maximum atomic E-state index is 12.6. The van der Waals surface area contributed by atoms with Crippen LogP contribution in [0.2, 0.25) is 0 Å². The Hall–Kier alpha value is -2.95. The molecule has 1 amide bonds. The lowest BCUT2D eigenvalue weighted by molar-refractivity contribution is 0.102. The van der Waals surface area contributed by atoms with Gasteiger partial charge in [-0.3, -0.25) is 18.9 Å². The van der Waals surface area contributed by atoms with Crippen LogP contribution in [-0.4, -0.2) is 18.9 Å². The van der Waals surface area contributed by atoms with E-state index in [1.54, 1.807) is 40.3 Å². The van der Waals surface area contributed by atoms with E-state index in [0.717, 1.165) is 32.9 Å². The Morgan fingerprint density at radius 1 is 1.03 bits per heavy atom. The highest BCUT2D eigenvalue weighted by molar-refractivity contribution is 7.94. The van der Waals surface area contributed by atoms with Gasteiger partial charge in [0.25, 0.3) is 15.9 Å². The van der Waals surface area contributed by atoms with E-state index in [-0.39, 0.29) is 21.0 Å². The zero-order chi connectivity index (χ0) is 22.2. The Kier molecular flexibility index (Phi) is 5.69. The van der Waals surface area contributed by atoms with Gasteiger partial charge < -0.3 is 5.32 Å². The molecule has 10 heteroatoms. The van der Waals surface area contributed by atoms with Crippen molar-refractivity contribution in [3.8, 4) is 0 Å². The van der Waals surface area contributed by atoms with Crippen LogP contribution in [0.5, 0.6) is 0 Å². The van der Waals surface area contributed by atoms with E-state index in [4.69, 9.17) is 0 Å². The SMILES string of the molecule is CC(C)n1c(=O)sc2cc(NC(=O)c3ccc(NS(=O)(=O)c4cccs4)cc3)ccc21. The Bertz CT molecular complexity index is 1400. The molecule has 4 aromatic rings. The molecule has 0 aliphatic heterocycles. The van der Waals surface area contributed by atoms with Crippen molar-refractivity contribution in [3.05, 3.63) is 75.2 Å². The maximum absolute atomic E-state index is 12.6. The van der Waals surface area contributed by atoms with Gasteiger partial charge in [-0.25, -0.2) is 8.42 Å². The number of hydrogen-bond donors (Lipinski definition) is 2. The van der Waals surface area contributed by atoms with E-state index in [9.17, 15) is 18.0 Å². The monoisotopic (exact) mass is 473 g/mol. The lowest BCUT2D eigenvalue weighted by Crippen LogP contribution is -2.14. The molecule has 0 saturated carbocycles. The fraction of sp³-hybridized carbons (Fsp3) is 0.143. The fourth-order valence-electron chi connectivity index (χ4n) is 3.12. The van der Waals surface area contributed by atoms with Crippen LogP contribution >= 0.6 is 22.7 Å². The number of rotatable bonds is 6. The summed E-state index contributed by atoms with van der Waals surface area (Å²) < 4.78 is 29.8. The van der Waals surface area contributed by atoms with Crippen molar-refractivity contribution in [2.75, 3.05) is 10.0 Å². The highest BCUT2D eigenvalue weighted by atomic mass is 32.2. The Morgan fingerprint density at radius 2 is 1.74 bits per heavy atom. The third-order valence-electron chi connectivity index (χ3n) is 4.55. The largest absolute Gasteiger partial charge is 0.322 e. The van der Waals surface area contributed by atoms with Gasteiger partial charge in [0.1, 0.15) is 4.21 Å². The van der Waals surface area contributed by atoms with Gasteiger partial charge in [0.15, 0.2) is 0 Å². The minimum absolute atomic E-state index is 0.0333. The molecule has 0 aliphatic rings. The van der Waals surface area contributed by atoms with E-state index >= 15 is 0 Å². The van der Waals surface area contributed by atoms with Gasteiger partial charge >= 0.3 is 4.87 Å². The number of nitrogens with one attached hydrogen (secondary N) is 2. The molecular formula is C21H19N3O4S3. The van der Waals surface area contributed by atoms with Gasteiger partial charge in [-0.1, -0.05) is 17.4 Å². The molecule has 0 fully saturated rings. The van der Waals surface area contributed by atoms with Crippen LogP contribution in [-0.2, 0) is 10.0 Å². The Labute approximate surface area is 187 Å². The summed E-state index contributed by atoms with van der Waals surface area (Å²) in [6.45, 7) is 3.90. The van der Waals surface area contributed by atoms with Crippen LogP contribution in [0.25, 0.3) is 10.2 Å². The third kappa shape index (κ3) is 4.41. The Balaban J connectivity index is 1.49. The van der Waals surface area contributed by atoms with E-state index in [1.807, 2.05) is 19.9 Å². The first-order chi connectivity index (χ1) is 14.7. The second-order valence-electron chi connectivity index (χ2n) is 7.08. The fourth-order valence-corrected chi connectivity index (χ4v) is 6.22. The van der Waals surface area contributed by atoms with E-state index in [0.29, 0.717) is 16.9 Å². The van der Waals surface area contributed by atoms with E-state index < -0.39 is 10.0 Å². The smallest absolute Gasteiger partial charge is 0.308 e. The number of amides is 1. The summed E-state index contributed by atoms with van der Waals surface area (Å²) in [5.41, 5.74) is 2.17.